The van der Waals surface area contributed by atoms with E-state index in [9.17, 15) is 22.8 Å². The highest BCUT2D eigenvalue weighted by Crippen LogP contribution is 2.28. The van der Waals surface area contributed by atoms with Gasteiger partial charge in [0.25, 0.3) is 17.5 Å². The van der Waals surface area contributed by atoms with Crippen LogP contribution in [0.15, 0.2) is 18.2 Å². The summed E-state index contributed by atoms with van der Waals surface area (Å²) in [4.78, 5) is 32.2. The van der Waals surface area contributed by atoms with E-state index < -0.39 is 30.0 Å². The Kier molecular flexibility index (Phi) is 7.29. The maximum atomic E-state index is 12.9. The van der Waals surface area contributed by atoms with Crippen molar-refractivity contribution in [3.8, 4) is 5.75 Å². The van der Waals surface area contributed by atoms with Crippen molar-refractivity contribution in [3.63, 3.8) is 0 Å². The highest BCUT2D eigenvalue weighted by atomic mass is 35.5. The van der Waals surface area contributed by atoms with Crippen LogP contribution >= 0.6 is 11.6 Å². The largest absolute Gasteiger partial charge is 0.495 e. The lowest BCUT2D eigenvalue weighted by molar-refractivity contribution is -0.153. The molecule has 2 heterocycles. The predicted molar refractivity (Wildman–Crippen MR) is 116 cm³/mol. The minimum atomic E-state index is -4.70. The molecule has 0 aliphatic heterocycles. The number of methoxy groups -OCH3 is 1. The van der Waals surface area contributed by atoms with Crippen molar-refractivity contribution in [3.05, 3.63) is 46.0 Å². The predicted octanol–water partition coefficient (Wildman–Crippen LogP) is 3.92. The Morgan fingerprint density at radius 3 is 2.59 bits per heavy atom. The number of hydrogen-bond donors (Lipinski definition) is 1. The maximum absolute atomic E-state index is 12.9. The van der Waals surface area contributed by atoms with Gasteiger partial charge in [-0.1, -0.05) is 11.6 Å². The van der Waals surface area contributed by atoms with Gasteiger partial charge in [-0.2, -0.15) is 18.2 Å². The van der Waals surface area contributed by atoms with Gasteiger partial charge in [0.1, 0.15) is 5.75 Å². The Hall–Kier alpha value is -3.41. The summed E-state index contributed by atoms with van der Waals surface area (Å²) in [6.45, 7) is 4.57. The van der Waals surface area contributed by atoms with E-state index in [0.29, 0.717) is 33.4 Å². The number of benzene rings is 1. The molecule has 1 aromatic carbocycles. The summed E-state index contributed by atoms with van der Waals surface area (Å²) in [6, 6.07) is 4.67. The molecule has 0 saturated carbocycles. The van der Waals surface area contributed by atoms with Gasteiger partial charge in [-0.3, -0.25) is 9.59 Å². The molecule has 2 aromatic heterocycles. The fourth-order valence-corrected chi connectivity index (χ4v) is 3.41. The van der Waals surface area contributed by atoms with Crippen LogP contribution in [0.25, 0.3) is 5.78 Å². The molecule has 1 unspecified atom stereocenters. The first kappa shape index (κ1) is 25.2. The Bertz CT molecular complexity index is 1250. The molecule has 1 N–H and O–H groups in total. The zero-order valence-electron chi connectivity index (χ0n) is 18.7. The van der Waals surface area contributed by atoms with Crippen LogP contribution in [0.1, 0.15) is 36.1 Å². The minimum absolute atomic E-state index is 0.122. The van der Waals surface area contributed by atoms with Crippen LogP contribution in [0.5, 0.6) is 5.75 Å². The highest BCUT2D eigenvalue weighted by Gasteiger charge is 2.37. The van der Waals surface area contributed by atoms with Crippen LogP contribution in [-0.4, -0.2) is 44.7 Å². The number of carbonyl (C=O) groups is 2. The second kappa shape index (κ2) is 9.84. The summed E-state index contributed by atoms with van der Waals surface area (Å²) < 4.78 is 50.1. The first-order valence-corrected chi connectivity index (χ1v) is 10.4. The molecule has 182 valence electrons. The molecule has 0 aliphatic carbocycles. The quantitative estimate of drug-likeness (QED) is 0.491. The summed E-state index contributed by atoms with van der Waals surface area (Å²) in [6.07, 6.45) is -5.84. The number of hydrogen-bond acceptors (Lipinski definition) is 7. The number of rotatable bonds is 7. The van der Waals surface area contributed by atoms with E-state index in [2.05, 4.69) is 20.4 Å². The van der Waals surface area contributed by atoms with Gasteiger partial charge in [-0.05, 0) is 51.0 Å². The van der Waals surface area contributed by atoms with Crippen LogP contribution in [-0.2, 0) is 26.9 Å². The SMILES string of the molecule is COc1ccc(Cl)cc1NC(=O)C(C)OC(=O)CCc1c(C)nc2nc(C(F)(F)F)nn2c1C. The Morgan fingerprint density at radius 1 is 1.24 bits per heavy atom. The van der Waals surface area contributed by atoms with Gasteiger partial charge in [0.2, 0.25) is 0 Å². The summed E-state index contributed by atoms with van der Waals surface area (Å²) in [5.74, 6) is -2.36. The zero-order chi connectivity index (χ0) is 25.2. The molecule has 0 aliphatic rings. The lowest BCUT2D eigenvalue weighted by Crippen LogP contribution is -2.30. The topological polar surface area (TPSA) is 108 Å². The van der Waals surface area contributed by atoms with Crippen molar-refractivity contribution >= 4 is 34.9 Å². The lowest BCUT2D eigenvalue weighted by Gasteiger charge is -2.16. The van der Waals surface area contributed by atoms with Crippen LogP contribution in [0.2, 0.25) is 5.02 Å². The van der Waals surface area contributed by atoms with Crippen molar-refractivity contribution in [2.75, 3.05) is 12.4 Å². The molecule has 1 amide bonds. The van der Waals surface area contributed by atoms with E-state index in [1.165, 1.54) is 20.1 Å². The summed E-state index contributed by atoms with van der Waals surface area (Å²) in [7, 11) is 1.43. The molecule has 3 rings (SSSR count). The summed E-state index contributed by atoms with van der Waals surface area (Å²) >= 11 is 5.94. The Morgan fingerprint density at radius 2 is 1.94 bits per heavy atom. The van der Waals surface area contributed by atoms with Gasteiger partial charge in [-0.25, -0.2) is 9.50 Å². The standard InChI is InChI=1S/C21H21ClF3N5O4/c1-10-14(11(2)30-20(26-10)28-19(29-30)21(23,24)25)6-8-17(31)34-12(3)18(32)27-15-9-13(22)5-7-16(15)33-4/h5,7,9,12H,6,8H2,1-4H3,(H,27,32). The second-order valence-corrected chi connectivity index (χ2v) is 7.81. The maximum Gasteiger partial charge on any atom is 0.453 e. The third-order valence-electron chi connectivity index (χ3n) is 4.98. The average molecular weight is 500 g/mol. The minimum Gasteiger partial charge on any atom is -0.495 e. The van der Waals surface area contributed by atoms with Gasteiger partial charge in [0.15, 0.2) is 6.10 Å². The van der Waals surface area contributed by atoms with Crippen molar-refractivity contribution in [1.29, 1.82) is 0 Å². The van der Waals surface area contributed by atoms with Crippen LogP contribution in [0, 0.1) is 13.8 Å². The number of carbonyl (C=O) groups excluding carboxylic acids is 2. The average Bonchev–Trinajstić information content (AvgIpc) is 3.18. The van der Waals surface area contributed by atoms with Crippen LogP contribution < -0.4 is 10.1 Å². The van der Waals surface area contributed by atoms with Gasteiger partial charge >= 0.3 is 12.1 Å². The second-order valence-electron chi connectivity index (χ2n) is 7.37. The van der Waals surface area contributed by atoms with E-state index in [0.717, 1.165) is 4.52 Å². The number of anilines is 1. The summed E-state index contributed by atoms with van der Waals surface area (Å²) in [5, 5.41) is 6.44. The molecular weight excluding hydrogens is 479 g/mol. The van der Waals surface area contributed by atoms with Crippen molar-refractivity contribution in [2.45, 2.75) is 45.9 Å². The molecular formula is C21H21ClF3N5O4. The van der Waals surface area contributed by atoms with Gasteiger partial charge in [0, 0.05) is 22.8 Å². The number of nitrogens with zero attached hydrogens (tertiary/aromatic N) is 4. The first-order valence-electron chi connectivity index (χ1n) is 10.0. The van der Waals surface area contributed by atoms with E-state index in [-0.39, 0.29) is 18.6 Å². The molecule has 0 radical (unpaired) electrons. The number of aromatic nitrogens is 4. The molecule has 34 heavy (non-hydrogen) atoms. The number of halogens is 4. The van der Waals surface area contributed by atoms with Gasteiger partial charge in [-0.15, -0.1) is 5.10 Å². The third-order valence-corrected chi connectivity index (χ3v) is 5.21. The highest BCUT2D eigenvalue weighted by molar-refractivity contribution is 6.31. The lowest BCUT2D eigenvalue weighted by atomic mass is 10.1. The summed E-state index contributed by atoms with van der Waals surface area (Å²) in [5.41, 5.74) is 1.64. The fraction of sp³-hybridized carbons (Fsp3) is 0.381. The van der Waals surface area contributed by atoms with E-state index >= 15 is 0 Å². The number of alkyl halides is 3. The molecule has 0 saturated heterocycles. The molecule has 13 heteroatoms. The molecule has 3 aromatic rings. The molecule has 1 atom stereocenters. The number of ether oxygens (including phenoxy) is 2. The van der Waals surface area contributed by atoms with Gasteiger partial charge < -0.3 is 14.8 Å². The number of esters is 1. The third kappa shape index (κ3) is 5.56. The van der Waals surface area contributed by atoms with E-state index in [1.54, 1.807) is 26.0 Å². The smallest absolute Gasteiger partial charge is 0.453 e. The van der Waals surface area contributed by atoms with E-state index in [1.807, 2.05) is 0 Å². The van der Waals surface area contributed by atoms with E-state index in [4.69, 9.17) is 21.1 Å². The van der Waals surface area contributed by atoms with Crippen molar-refractivity contribution < 1.29 is 32.2 Å². The normalized spacial score (nSPS) is 12.5. The Balaban J connectivity index is 1.65. The monoisotopic (exact) mass is 499 g/mol. The van der Waals surface area contributed by atoms with Crippen molar-refractivity contribution in [1.82, 2.24) is 19.6 Å². The van der Waals surface area contributed by atoms with Gasteiger partial charge in [0.05, 0.1) is 12.8 Å². The zero-order valence-corrected chi connectivity index (χ0v) is 19.4. The number of aryl methyl sites for hydroxylation is 2. The number of nitrogens with one attached hydrogen (secondary N) is 1. The fourth-order valence-electron chi connectivity index (χ4n) is 3.24. The van der Waals surface area contributed by atoms with Crippen LogP contribution in [0.4, 0.5) is 18.9 Å². The number of amides is 1. The molecule has 0 fully saturated rings. The Labute approximate surface area is 197 Å². The van der Waals surface area contributed by atoms with Crippen LogP contribution in [0.3, 0.4) is 0 Å². The first-order chi connectivity index (χ1) is 15.9. The number of fused-ring (bicyclic) bond motifs is 1. The molecule has 0 bridgehead atoms. The molecule has 9 nitrogen and oxygen atoms in total. The van der Waals surface area contributed by atoms with Crippen molar-refractivity contribution in [2.24, 2.45) is 0 Å². The molecule has 0 spiro atoms.